The predicted molar refractivity (Wildman–Crippen MR) is 58.7 cm³/mol. The largest absolute Gasteiger partial charge is 0.495 e. The number of nitrogens with zero attached hydrogens (tertiary/aromatic N) is 1. The maximum absolute atomic E-state index is 11.5. The molecule has 0 atom stereocenters. The summed E-state index contributed by atoms with van der Waals surface area (Å²) in [4.78, 5) is 11.5. The zero-order valence-corrected chi connectivity index (χ0v) is 9.67. The van der Waals surface area contributed by atoms with Gasteiger partial charge in [0.1, 0.15) is 11.8 Å². The van der Waals surface area contributed by atoms with Crippen LogP contribution in [0, 0.1) is 11.3 Å². The lowest BCUT2D eigenvalue weighted by molar-refractivity contribution is 0.0526. The molecule has 0 saturated heterocycles. The molecule has 0 spiro atoms. The summed E-state index contributed by atoms with van der Waals surface area (Å²) in [5, 5.41) is 9.16. The number of hydrogen-bond acceptors (Lipinski definition) is 4. The molecule has 16 heavy (non-hydrogen) atoms. The Balaban J connectivity index is 3.24. The third-order valence-electron chi connectivity index (χ3n) is 1.91. The van der Waals surface area contributed by atoms with Crippen LogP contribution in [0.25, 0.3) is 0 Å². The Morgan fingerprint density at radius 2 is 2.25 bits per heavy atom. The van der Waals surface area contributed by atoms with Crippen molar-refractivity contribution in [2.24, 2.45) is 0 Å². The molecule has 0 bridgehead atoms. The van der Waals surface area contributed by atoms with Crippen LogP contribution in [-0.2, 0) is 4.74 Å². The molecular weight excluding hydrogens is 230 g/mol. The first-order valence-electron chi connectivity index (χ1n) is 4.58. The van der Waals surface area contributed by atoms with Gasteiger partial charge in [0.05, 0.1) is 29.9 Å². The molecule has 0 aliphatic rings. The van der Waals surface area contributed by atoms with Crippen LogP contribution in [0.3, 0.4) is 0 Å². The summed E-state index contributed by atoms with van der Waals surface area (Å²) in [5.41, 5.74) is 0.329. The number of hydrogen-bond donors (Lipinski definition) is 0. The van der Waals surface area contributed by atoms with E-state index in [-0.39, 0.29) is 22.8 Å². The standard InChI is InChI=1S/C11H10ClNO3/c1-3-16-11(14)8-5-9(12)10(15-2)4-7(8)6-13/h4-5H,3H2,1-2H3. The average molecular weight is 240 g/mol. The molecule has 1 aromatic rings. The molecule has 0 unspecified atom stereocenters. The van der Waals surface area contributed by atoms with E-state index >= 15 is 0 Å². The van der Waals surface area contributed by atoms with Crippen LogP contribution in [-0.4, -0.2) is 19.7 Å². The van der Waals surface area contributed by atoms with Crippen LogP contribution in [0.15, 0.2) is 12.1 Å². The third-order valence-corrected chi connectivity index (χ3v) is 2.20. The Morgan fingerprint density at radius 1 is 1.56 bits per heavy atom. The minimum absolute atomic E-state index is 0.148. The summed E-state index contributed by atoms with van der Waals surface area (Å²) in [6.07, 6.45) is 0. The highest BCUT2D eigenvalue weighted by Gasteiger charge is 2.16. The number of methoxy groups -OCH3 is 1. The van der Waals surface area contributed by atoms with Crippen molar-refractivity contribution in [1.29, 1.82) is 5.26 Å². The fourth-order valence-electron chi connectivity index (χ4n) is 1.18. The molecule has 0 aliphatic carbocycles. The van der Waals surface area contributed by atoms with E-state index in [2.05, 4.69) is 0 Å². The summed E-state index contributed by atoms with van der Waals surface area (Å²) in [6, 6.07) is 4.68. The number of rotatable bonds is 3. The molecule has 0 amide bonds. The van der Waals surface area contributed by atoms with Gasteiger partial charge in [0.25, 0.3) is 0 Å². The fourth-order valence-corrected chi connectivity index (χ4v) is 1.42. The lowest BCUT2D eigenvalue weighted by Gasteiger charge is -2.07. The van der Waals surface area contributed by atoms with Crippen molar-refractivity contribution >= 4 is 17.6 Å². The summed E-state index contributed by atoms with van der Waals surface area (Å²) in [7, 11) is 1.44. The predicted octanol–water partition coefficient (Wildman–Crippen LogP) is 2.40. The second-order valence-corrected chi connectivity index (χ2v) is 3.27. The van der Waals surface area contributed by atoms with Crippen LogP contribution < -0.4 is 4.74 Å². The highest BCUT2D eigenvalue weighted by Crippen LogP contribution is 2.28. The molecule has 0 heterocycles. The van der Waals surface area contributed by atoms with Gasteiger partial charge >= 0.3 is 5.97 Å². The maximum atomic E-state index is 11.5. The highest BCUT2D eigenvalue weighted by molar-refractivity contribution is 6.32. The molecule has 0 aliphatic heterocycles. The summed E-state index contributed by atoms with van der Waals surface area (Å²) < 4.78 is 9.76. The van der Waals surface area contributed by atoms with Crippen LogP contribution in [0.4, 0.5) is 0 Å². The van der Waals surface area contributed by atoms with Crippen molar-refractivity contribution < 1.29 is 14.3 Å². The molecule has 1 rings (SSSR count). The van der Waals surface area contributed by atoms with E-state index in [0.29, 0.717) is 5.75 Å². The molecule has 0 radical (unpaired) electrons. The van der Waals surface area contributed by atoms with Gasteiger partial charge in [0.2, 0.25) is 0 Å². The topological polar surface area (TPSA) is 59.3 Å². The van der Waals surface area contributed by atoms with Gasteiger partial charge in [0, 0.05) is 6.07 Å². The monoisotopic (exact) mass is 239 g/mol. The number of esters is 1. The Morgan fingerprint density at radius 3 is 2.75 bits per heavy atom. The van der Waals surface area contributed by atoms with Gasteiger partial charge in [-0.25, -0.2) is 4.79 Å². The van der Waals surface area contributed by atoms with E-state index in [4.69, 9.17) is 26.3 Å². The van der Waals surface area contributed by atoms with Crippen molar-refractivity contribution in [1.82, 2.24) is 0 Å². The molecular formula is C11H10ClNO3. The minimum atomic E-state index is -0.566. The van der Waals surface area contributed by atoms with Crippen molar-refractivity contribution in [3.05, 3.63) is 28.3 Å². The van der Waals surface area contributed by atoms with E-state index in [0.717, 1.165) is 0 Å². The smallest absolute Gasteiger partial charge is 0.339 e. The van der Waals surface area contributed by atoms with E-state index < -0.39 is 5.97 Å². The fraction of sp³-hybridized carbons (Fsp3) is 0.273. The maximum Gasteiger partial charge on any atom is 0.339 e. The molecule has 0 fully saturated rings. The first-order chi connectivity index (χ1) is 7.63. The van der Waals surface area contributed by atoms with Gasteiger partial charge < -0.3 is 9.47 Å². The van der Waals surface area contributed by atoms with Gasteiger partial charge in [-0.2, -0.15) is 5.26 Å². The van der Waals surface area contributed by atoms with Gasteiger partial charge in [-0.15, -0.1) is 0 Å². The second kappa shape index (κ2) is 5.38. The number of halogens is 1. The average Bonchev–Trinajstić information content (AvgIpc) is 2.29. The van der Waals surface area contributed by atoms with Crippen LogP contribution in [0.2, 0.25) is 5.02 Å². The highest BCUT2D eigenvalue weighted by atomic mass is 35.5. The Kier molecular flexibility index (Phi) is 4.15. The third kappa shape index (κ3) is 2.44. The second-order valence-electron chi connectivity index (χ2n) is 2.86. The molecule has 1 aromatic carbocycles. The number of nitriles is 1. The molecule has 84 valence electrons. The molecule has 0 saturated carbocycles. The normalized spacial score (nSPS) is 9.38. The first kappa shape index (κ1) is 12.3. The van der Waals surface area contributed by atoms with Gasteiger partial charge in [-0.3, -0.25) is 0 Å². The quantitative estimate of drug-likeness (QED) is 0.760. The SMILES string of the molecule is CCOC(=O)c1cc(Cl)c(OC)cc1C#N. The van der Waals surface area contributed by atoms with E-state index in [1.165, 1.54) is 19.2 Å². The zero-order valence-electron chi connectivity index (χ0n) is 8.91. The van der Waals surface area contributed by atoms with Gasteiger partial charge in [-0.1, -0.05) is 11.6 Å². The molecule has 0 aromatic heterocycles. The number of benzene rings is 1. The Hall–Kier alpha value is -1.73. The summed E-state index contributed by atoms with van der Waals surface area (Å²) >= 11 is 5.86. The zero-order chi connectivity index (χ0) is 12.1. The van der Waals surface area contributed by atoms with Crippen molar-refractivity contribution in [2.75, 3.05) is 13.7 Å². The molecule has 0 N–H and O–H groups in total. The molecule has 4 nitrogen and oxygen atoms in total. The van der Waals surface area contributed by atoms with E-state index in [1.807, 2.05) is 6.07 Å². The van der Waals surface area contributed by atoms with Crippen molar-refractivity contribution in [2.45, 2.75) is 6.92 Å². The first-order valence-corrected chi connectivity index (χ1v) is 4.96. The van der Waals surface area contributed by atoms with Crippen LogP contribution in [0.5, 0.6) is 5.75 Å². The lowest BCUT2D eigenvalue weighted by Crippen LogP contribution is -2.07. The summed E-state index contributed by atoms with van der Waals surface area (Å²) in [5.74, 6) is -0.213. The van der Waals surface area contributed by atoms with Crippen LogP contribution in [0.1, 0.15) is 22.8 Å². The number of ether oxygens (including phenoxy) is 2. The van der Waals surface area contributed by atoms with E-state index in [9.17, 15) is 4.79 Å². The van der Waals surface area contributed by atoms with Crippen molar-refractivity contribution in [3.63, 3.8) is 0 Å². The minimum Gasteiger partial charge on any atom is -0.495 e. The van der Waals surface area contributed by atoms with Crippen molar-refractivity contribution in [3.8, 4) is 11.8 Å². The molecule has 5 heteroatoms. The van der Waals surface area contributed by atoms with E-state index in [1.54, 1.807) is 6.92 Å². The van der Waals surface area contributed by atoms with Gasteiger partial charge in [-0.05, 0) is 13.0 Å². The number of carbonyl (C=O) groups is 1. The summed E-state index contributed by atoms with van der Waals surface area (Å²) in [6.45, 7) is 1.93. The number of carbonyl (C=O) groups excluding carboxylic acids is 1. The Bertz CT molecular complexity index is 451. The lowest BCUT2D eigenvalue weighted by atomic mass is 10.1. The Labute approximate surface area is 98.3 Å². The van der Waals surface area contributed by atoms with Crippen LogP contribution >= 0.6 is 11.6 Å². The van der Waals surface area contributed by atoms with Gasteiger partial charge in [0.15, 0.2) is 0 Å².